The first kappa shape index (κ1) is 24.0. The first-order chi connectivity index (χ1) is 15.8. The number of nitrogens with zero attached hydrogens (tertiary/aromatic N) is 2. The van der Waals surface area contributed by atoms with E-state index in [9.17, 15) is 23.9 Å². The lowest BCUT2D eigenvalue weighted by Gasteiger charge is -2.20. The lowest BCUT2D eigenvalue weighted by Crippen LogP contribution is -2.30. The van der Waals surface area contributed by atoms with Crippen molar-refractivity contribution in [3.8, 4) is 0 Å². The van der Waals surface area contributed by atoms with Crippen LogP contribution in [0, 0.1) is 18.6 Å². The van der Waals surface area contributed by atoms with E-state index in [0.717, 1.165) is 11.8 Å². The smallest absolute Gasteiger partial charge is 0.251 e. The van der Waals surface area contributed by atoms with E-state index in [4.69, 9.17) is 0 Å². The summed E-state index contributed by atoms with van der Waals surface area (Å²) in [6.07, 6.45) is 1.03. The minimum atomic E-state index is -0.720. The van der Waals surface area contributed by atoms with Crippen molar-refractivity contribution in [3.05, 3.63) is 100 Å². The zero-order valence-corrected chi connectivity index (χ0v) is 18.3. The highest BCUT2D eigenvalue weighted by atomic mass is 19.1. The summed E-state index contributed by atoms with van der Waals surface area (Å²) in [6.45, 7) is 3.48. The second-order valence-corrected chi connectivity index (χ2v) is 7.84. The number of nitrogens with one attached hydrogen (secondary N) is 1. The van der Waals surface area contributed by atoms with Gasteiger partial charge in [0.25, 0.3) is 5.91 Å². The molecule has 172 valence electrons. The van der Waals surface area contributed by atoms with Crippen LogP contribution < -0.4 is 5.32 Å². The summed E-state index contributed by atoms with van der Waals surface area (Å²) in [6, 6.07) is 13.3. The van der Waals surface area contributed by atoms with Crippen molar-refractivity contribution in [1.82, 2.24) is 10.3 Å². The van der Waals surface area contributed by atoms with Crippen LogP contribution in [-0.2, 0) is 0 Å². The van der Waals surface area contributed by atoms with Gasteiger partial charge in [-0.1, -0.05) is 23.4 Å². The normalized spacial score (nSPS) is 13.4. The van der Waals surface area contributed by atoms with E-state index in [1.165, 1.54) is 12.1 Å². The van der Waals surface area contributed by atoms with Crippen molar-refractivity contribution in [2.45, 2.75) is 32.3 Å². The Morgan fingerprint density at radius 2 is 1.82 bits per heavy atom. The molecule has 0 fully saturated rings. The third-order valence-electron chi connectivity index (χ3n) is 5.22. The molecular formula is C25H25F2N3O3. The van der Waals surface area contributed by atoms with Gasteiger partial charge in [0.15, 0.2) is 0 Å². The number of aliphatic hydroxyl groups is 1. The molecule has 3 aromatic rings. The van der Waals surface area contributed by atoms with Crippen molar-refractivity contribution in [3.63, 3.8) is 0 Å². The van der Waals surface area contributed by atoms with Crippen LogP contribution >= 0.6 is 0 Å². The predicted molar refractivity (Wildman–Crippen MR) is 121 cm³/mol. The Kier molecular flexibility index (Phi) is 7.84. The Morgan fingerprint density at radius 1 is 1.09 bits per heavy atom. The molecule has 6 nitrogen and oxygen atoms in total. The molecule has 1 amide bonds. The molecule has 2 unspecified atom stereocenters. The van der Waals surface area contributed by atoms with Gasteiger partial charge in [-0.2, -0.15) is 0 Å². The molecule has 0 bridgehead atoms. The molecule has 0 aliphatic rings. The quantitative estimate of drug-likeness (QED) is 0.271. The number of halogens is 2. The standard InChI is InChI=1S/C25H25F2N3O3/c1-15-11-19(9-10-28-15)24(30-33)13-22(21-8-7-20(26)12-23(21)27)17-3-5-18(6-4-17)25(32)29-14-16(2)31/h3-12,16,22,31,33H,13-14H2,1-2H3,(H,29,32). The van der Waals surface area contributed by atoms with Crippen LogP contribution in [0.4, 0.5) is 8.78 Å². The van der Waals surface area contributed by atoms with Crippen molar-refractivity contribution < 1.29 is 23.9 Å². The van der Waals surface area contributed by atoms with Crippen LogP contribution in [0.2, 0.25) is 0 Å². The van der Waals surface area contributed by atoms with E-state index < -0.39 is 23.7 Å². The number of carbonyl (C=O) groups is 1. The maximum atomic E-state index is 14.8. The van der Waals surface area contributed by atoms with Gasteiger partial charge in [-0.25, -0.2) is 8.78 Å². The average molecular weight is 453 g/mol. The monoisotopic (exact) mass is 453 g/mol. The Hall–Kier alpha value is -3.65. The first-order valence-corrected chi connectivity index (χ1v) is 10.4. The van der Waals surface area contributed by atoms with Crippen LogP contribution in [0.25, 0.3) is 0 Å². The molecule has 3 N–H and O–H groups in total. The number of rotatable bonds is 8. The highest BCUT2D eigenvalue weighted by molar-refractivity contribution is 6.01. The molecule has 0 saturated heterocycles. The van der Waals surface area contributed by atoms with E-state index in [1.54, 1.807) is 56.4 Å². The third-order valence-corrected chi connectivity index (χ3v) is 5.22. The number of hydrogen-bond acceptors (Lipinski definition) is 5. The lowest BCUT2D eigenvalue weighted by atomic mass is 9.85. The summed E-state index contributed by atoms with van der Waals surface area (Å²) >= 11 is 0. The number of carbonyl (C=O) groups excluding carboxylic acids is 1. The number of aliphatic hydroxyl groups excluding tert-OH is 1. The zero-order chi connectivity index (χ0) is 24.0. The highest BCUT2D eigenvalue weighted by Gasteiger charge is 2.23. The average Bonchev–Trinajstić information content (AvgIpc) is 2.79. The van der Waals surface area contributed by atoms with Crippen LogP contribution in [-0.4, -0.2) is 39.6 Å². The fourth-order valence-corrected chi connectivity index (χ4v) is 3.54. The first-order valence-electron chi connectivity index (χ1n) is 10.4. The van der Waals surface area contributed by atoms with E-state index in [-0.39, 0.29) is 24.4 Å². The maximum absolute atomic E-state index is 14.8. The van der Waals surface area contributed by atoms with Gasteiger partial charge in [0.05, 0.1) is 11.8 Å². The van der Waals surface area contributed by atoms with Gasteiger partial charge >= 0.3 is 0 Å². The Labute approximate surface area is 190 Å². The van der Waals surface area contributed by atoms with E-state index in [0.29, 0.717) is 22.4 Å². The molecule has 0 saturated carbocycles. The number of oxime groups is 1. The van der Waals surface area contributed by atoms with Gasteiger partial charge in [-0.3, -0.25) is 9.78 Å². The summed E-state index contributed by atoms with van der Waals surface area (Å²) in [7, 11) is 0. The summed E-state index contributed by atoms with van der Waals surface area (Å²) in [4.78, 5) is 16.4. The maximum Gasteiger partial charge on any atom is 0.251 e. The number of aryl methyl sites for hydroxylation is 1. The summed E-state index contributed by atoms with van der Waals surface area (Å²) in [5.74, 6) is -2.38. The molecular weight excluding hydrogens is 428 g/mol. The topological polar surface area (TPSA) is 94.8 Å². The predicted octanol–water partition coefficient (Wildman–Crippen LogP) is 4.18. The summed E-state index contributed by atoms with van der Waals surface area (Å²) in [5.41, 5.74) is 2.93. The van der Waals surface area contributed by atoms with Crippen molar-refractivity contribution in [1.29, 1.82) is 0 Å². The molecule has 8 heteroatoms. The fraction of sp³-hybridized carbons (Fsp3) is 0.240. The Balaban J connectivity index is 1.96. The van der Waals surface area contributed by atoms with Gasteiger partial charge in [-0.15, -0.1) is 0 Å². The Morgan fingerprint density at radius 3 is 2.42 bits per heavy atom. The van der Waals surface area contributed by atoms with Crippen LogP contribution in [0.5, 0.6) is 0 Å². The van der Waals surface area contributed by atoms with Gasteiger partial charge < -0.3 is 15.6 Å². The summed E-state index contributed by atoms with van der Waals surface area (Å²) in [5, 5.41) is 25.1. The molecule has 1 heterocycles. The fourth-order valence-electron chi connectivity index (χ4n) is 3.54. The molecule has 1 aromatic heterocycles. The number of hydrogen-bond donors (Lipinski definition) is 3. The number of aromatic nitrogens is 1. The molecule has 3 rings (SSSR count). The molecule has 2 aromatic carbocycles. The highest BCUT2D eigenvalue weighted by Crippen LogP contribution is 2.32. The van der Waals surface area contributed by atoms with Crippen molar-refractivity contribution >= 4 is 11.6 Å². The second-order valence-electron chi connectivity index (χ2n) is 7.84. The Bertz CT molecular complexity index is 1150. The second kappa shape index (κ2) is 10.8. The van der Waals surface area contributed by atoms with Crippen LogP contribution in [0.15, 0.2) is 65.9 Å². The van der Waals surface area contributed by atoms with Crippen LogP contribution in [0.1, 0.15) is 52.0 Å². The van der Waals surface area contributed by atoms with E-state index in [2.05, 4.69) is 15.5 Å². The van der Waals surface area contributed by atoms with Gasteiger partial charge in [-0.05, 0) is 55.3 Å². The molecule has 0 aliphatic carbocycles. The zero-order valence-electron chi connectivity index (χ0n) is 18.3. The van der Waals surface area contributed by atoms with Crippen molar-refractivity contribution in [2.75, 3.05) is 6.54 Å². The molecule has 0 radical (unpaired) electrons. The molecule has 33 heavy (non-hydrogen) atoms. The van der Waals surface area contributed by atoms with Gasteiger partial charge in [0.2, 0.25) is 0 Å². The molecule has 0 aliphatic heterocycles. The van der Waals surface area contributed by atoms with Crippen molar-refractivity contribution in [2.24, 2.45) is 5.16 Å². The summed E-state index contributed by atoms with van der Waals surface area (Å²) < 4.78 is 28.3. The third kappa shape index (κ3) is 6.20. The van der Waals surface area contributed by atoms with Crippen LogP contribution in [0.3, 0.4) is 0 Å². The minimum Gasteiger partial charge on any atom is -0.411 e. The number of pyridine rings is 1. The number of benzene rings is 2. The van der Waals surface area contributed by atoms with Gasteiger partial charge in [0, 0.05) is 48.0 Å². The molecule has 0 spiro atoms. The SMILES string of the molecule is Cc1cc(C(CC(c2ccc(C(=O)NCC(C)O)cc2)c2ccc(F)cc2F)=NO)ccn1. The van der Waals surface area contributed by atoms with E-state index >= 15 is 0 Å². The largest absolute Gasteiger partial charge is 0.411 e. The molecule has 2 atom stereocenters. The lowest BCUT2D eigenvalue weighted by molar-refractivity contribution is 0.0924. The minimum absolute atomic E-state index is 0.117. The van der Waals surface area contributed by atoms with E-state index in [1.807, 2.05) is 0 Å². The van der Waals surface area contributed by atoms with Gasteiger partial charge in [0.1, 0.15) is 11.6 Å². The number of amides is 1.